The molecule has 3 aromatic rings. The molecule has 4 rings (SSSR count). The number of carbonyl (C=O) groups is 2. The van der Waals surface area contributed by atoms with Crippen molar-refractivity contribution in [1.82, 2.24) is 9.80 Å². The highest BCUT2D eigenvalue weighted by Gasteiger charge is 2.28. The first-order valence-corrected chi connectivity index (χ1v) is 9.53. The Labute approximate surface area is 169 Å². The van der Waals surface area contributed by atoms with Crippen LogP contribution < -0.4 is 4.74 Å². The van der Waals surface area contributed by atoms with Gasteiger partial charge < -0.3 is 19.0 Å². The summed E-state index contributed by atoms with van der Waals surface area (Å²) >= 11 is 0. The van der Waals surface area contributed by atoms with Crippen LogP contribution in [0.5, 0.6) is 5.75 Å². The molecule has 0 unspecified atom stereocenters. The summed E-state index contributed by atoms with van der Waals surface area (Å²) in [4.78, 5) is 29.1. The van der Waals surface area contributed by atoms with Gasteiger partial charge in [-0.25, -0.2) is 0 Å². The summed E-state index contributed by atoms with van der Waals surface area (Å²) in [5, 5.41) is 0. The van der Waals surface area contributed by atoms with Crippen LogP contribution in [0.25, 0.3) is 11.1 Å². The Bertz CT molecular complexity index is 991. The summed E-state index contributed by atoms with van der Waals surface area (Å²) in [6.45, 7) is 1.85. The highest BCUT2D eigenvalue weighted by molar-refractivity contribution is 5.98. The lowest BCUT2D eigenvalue weighted by atomic mass is 10.0. The number of ether oxygens (including phenoxy) is 1. The van der Waals surface area contributed by atoms with Crippen molar-refractivity contribution in [1.29, 1.82) is 0 Å². The average Bonchev–Trinajstić information content (AvgIpc) is 3.33. The summed E-state index contributed by atoms with van der Waals surface area (Å²) in [5.74, 6) is 0.626. The van der Waals surface area contributed by atoms with E-state index in [1.165, 1.54) is 6.26 Å². The van der Waals surface area contributed by atoms with Crippen LogP contribution >= 0.6 is 0 Å². The minimum Gasteiger partial charge on any atom is -0.496 e. The molecule has 1 aromatic heterocycles. The van der Waals surface area contributed by atoms with Crippen molar-refractivity contribution in [2.24, 2.45) is 0 Å². The molecule has 1 saturated heterocycles. The largest absolute Gasteiger partial charge is 0.496 e. The van der Waals surface area contributed by atoms with Crippen LogP contribution in [0.4, 0.5) is 0 Å². The third-order valence-corrected chi connectivity index (χ3v) is 5.12. The normalized spacial score (nSPS) is 14.0. The Balaban J connectivity index is 1.50. The first-order valence-electron chi connectivity index (χ1n) is 9.53. The molecular formula is C23H22N2O4. The molecule has 2 aromatic carbocycles. The van der Waals surface area contributed by atoms with Gasteiger partial charge in [0.05, 0.1) is 18.9 Å². The Hall–Kier alpha value is -3.54. The molecule has 148 valence electrons. The predicted octanol–water partition coefficient (Wildman–Crippen LogP) is 3.55. The summed E-state index contributed by atoms with van der Waals surface area (Å²) in [6, 6.07) is 18.9. The molecule has 6 nitrogen and oxygen atoms in total. The van der Waals surface area contributed by atoms with Gasteiger partial charge in [-0.2, -0.15) is 0 Å². The average molecular weight is 390 g/mol. The van der Waals surface area contributed by atoms with Crippen LogP contribution in [-0.4, -0.2) is 54.9 Å². The zero-order valence-corrected chi connectivity index (χ0v) is 16.2. The molecule has 0 saturated carbocycles. The fourth-order valence-corrected chi connectivity index (χ4v) is 3.52. The van der Waals surface area contributed by atoms with E-state index in [1.54, 1.807) is 29.0 Å². The number of methoxy groups -OCH3 is 1. The van der Waals surface area contributed by atoms with Crippen molar-refractivity contribution in [3.8, 4) is 16.9 Å². The van der Waals surface area contributed by atoms with Crippen LogP contribution in [0.3, 0.4) is 0 Å². The van der Waals surface area contributed by atoms with Crippen LogP contribution in [0, 0.1) is 0 Å². The van der Waals surface area contributed by atoms with Crippen LogP contribution in [-0.2, 0) is 0 Å². The SMILES string of the molecule is COc1ccc(-c2ccccc2)cc1C(=O)N1CCN(C(=O)c2ccco2)CC1. The molecule has 29 heavy (non-hydrogen) atoms. The molecule has 0 bridgehead atoms. The number of nitrogens with zero attached hydrogens (tertiary/aromatic N) is 2. The van der Waals surface area contributed by atoms with Gasteiger partial charge in [0.15, 0.2) is 5.76 Å². The van der Waals surface area contributed by atoms with Gasteiger partial charge in [-0.1, -0.05) is 36.4 Å². The van der Waals surface area contributed by atoms with E-state index in [0.717, 1.165) is 11.1 Å². The van der Waals surface area contributed by atoms with Crippen molar-refractivity contribution in [2.45, 2.75) is 0 Å². The van der Waals surface area contributed by atoms with Crippen molar-refractivity contribution >= 4 is 11.8 Å². The van der Waals surface area contributed by atoms with E-state index < -0.39 is 0 Å². The first kappa shape index (κ1) is 18.8. The number of hydrogen-bond donors (Lipinski definition) is 0. The first-order chi connectivity index (χ1) is 14.2. The van der Waals surface area contributed by atoms with Crippen molar-refractivity contribution in [3.05, 3.63) is 78.3 Å². The minimum absolute atomic E-state index is 0.0928. The van der Waals surface area contributed by atoms with E-state index in [4.69, 9.17) is 9.15 Å². The Morgan fingerprint density at radius 1 is 0.828 bits per heavy atom. The van der Waals surface area contributed by atoms with E-state index >= 15 is 0 Å². The van der Waals surface area contributed by atoms with Gasteiger partial charge in [-0.05, 0) is 35.4 Å². The zero-order chi connectivity index (χ0) is 20.2. The number of hydrogen-bond acceptors (Lipinski definition) is 4. The second kappa shape index (κ2) is 8.22. The van der Waals surface area contributed by atoms with E-state index in [0.29, 0.717) is 43.3 Å². The molecule has 0 spiro atoms. The highest BCUT2D eigenvalue weighted by Crippen LogP contribution is 2.28. The second-order valence-electron chi connectivity index (χ2n) is 6.84. The summed E-state index contributed by atoms with van der Waals surface area (Å²) < 4.78 is 10.6. The van der Waals surface area contributed by atoms with E-state index in [9.17, 15) is 9.59 Å². The van der Waals surface area contributed by atoms with Gasteiger partial charge in [-0.3, -0.25) is 9.59 Å². The Morgan fingerprint density at radius 3 is 2.14 bits per heavy atom. The number of carbonyl (C=O) groups excluding carboxylic acids is 2. The molecule has 2 heterocycles. The molecule has 0 atom stereocenters. The lowest BCUT2D eigenvalue weighted by Crippen LogP contribution is -2.50. The lowest BCUT2D eigenvalue weighted by molar-refractivity contribution is 0.0516. The van der Waals surface area contributed by atoms with Crippen molar-refractivity contribution in [2.75, 3.05) is 33.3 Å². The summed E-state index contributed by atoms with van der Waals surface area (Å²) in [6.07, 6.45) is 1.49. The smallest absolute Gasteiger partial charge is 0.289 e. The fourth-order valence-electron chi connectivity index (χ4n) is 3.52. The molecule has 0 N–H and O–H groups in total. The third-order valence-electron chi connectivity index (χ3n) is 5.12. The number of amides is 2. The molecule has 1 aliphatic rings. The van der Waals surface area contributed by atoms with Gasteiger partial charge in [0, 0.05) is 26.2 Å². The van der Waals surface area contributed by atoms with Gasteiger partial charge >= 0.3 is 0 Å². The van der Waals surface area contributed by atoms with Crippen molar-refractivity contribution in [3.63, 3.8) is 0 Å². The monoisotopic (exact) mass is 390 g/mol. The number of rotatable bonds is 4. The minimum atomic E-state index is -0.147. The van der Waals surface area contributed by atoms with Gasteiger partial charge in [-0.15, -0.1) is 0 Å². The molecule has 2 amide bonds. The molecular weight excluding hydrogens is 368 g/mol. The number of piperazine rings is 1. The highest BCUT2D eigenvalue weighted by atomic mass is 16.5. The predicted molar refractivity (Wildman–Crippen MR) is 109 cm³/mol. The Morgan fingerprint density at radius 2 is 1.52 bits per heavy atom. The Kier molecular flexibility index (Phi) is 5.33. The third kappa shape index (κ3) is 3.87. The summed E-state index contributed by atoms with van der Waals surface area (Å²) in [5.41, 5.74) is 2.53. The zero-order valence-electron chi connectivity index (χ0n) is 16.2. The molecule has 0 radical (unpaired) electrons. The van der Waals surface area contributed by atoms with Gasteiger partial charge in [0.2, 0.25) is 0 Å². The van der Waals surface area contributed by atoms with E-state index in [1.807, 2.05) is 48.5 Å². The van der Waals surface area contributed by atoms with Crippen molar-refractivity contribution < 1.29 is 18.7 Å². The standard InChI is InChI=1S/C23H22N2O4/c1-28-20-10-9-18(17-6-3-2-4-7-17)16-19(20)22(26)24-11-13-25(14-12-24)23(27)21-8-5-15-29-21/h2-10,15-16H,11-14H2,1H3. The second-order valence-corrected chi connectivity index (χ2v) is 6.84. The lowest BCUT2D eigenvalue weighted by Gasteiger charge is -2.34. The maximum absolute atomic E-state index is 13.2. The molecule has 0 aliphatic carbocycles. The van der Waals surface area contributed by atoms with Crippen LogP contribution in [0.2, 0.25) is 0 Å². The molecule has 6 heteroatoms. The maximum atomic E-state index is 13.2. The van der Waals surface area contributed by atoms with E-state index in [-0.39, 0.29) is 11.8 Å². The fraction of sp³-hybridized carbons (Fsp3) is 0.217. The molecule has 1 aliphatic heterocycles. The maximum Gasteiger partial charge on any atom is 0.289 e. The van der Waals surface area contributed by atoms with Gasteiger partial charge in [0.25, 0.3) is 11.8 Å². The quantitative estimate of drug-likeness (QED) is 0.683. The summed E-state index contributed by atoms with van der Waals surface area (Å²) in [7, 11) is 1.56. The van der Waals surface area contributed by atoms with E-state index in [2.05, 4.69) is 0 Å². The molecule has 1 fully saturated rings. The van der Waals surface area contributed by atoms with Crippen LogP contribution in [0.15, 0.2) is 71.3 Å². The van der Waals surface area contributed by atoms with Crippen LogP contribution in [0.1, 0.15) is 20.9 Å². The number of benzene rings is 2. The topological polar surface area (TPSA) is 63.0 Å². The number of furan rings is 1. The van der Waals surface area contributed by atoms with Gasteiger partial charge in [0.1, 0.15) is 5.75 Å².